The first-order valence-corrected chi connectivity index (χ1v) is 5.46. The molecule has 0 saturated carbocycles. The summed E-state index contributed by atoms with van der Waals surface area (Å²) >= 11 is 0. The predicted molar refractivity (Wildman–Crippen MR) is 64.2 cm³/mol. The largest absolute Gasteiger partial charge is 0.337 e. The Hall–Kier alpha value is -1.64. The molecule has 3 heteroatoms. The standard InChI is InChI=1S/C13H17NO2/c1-4-10(2)13(15)16-14-11(3)12-8-6-5-7-9-12/h5-10H,4H2,1-3H3/b14-11+. The number of hydrogen-bond acceptors (Lipinski definition) is 3. The summed E-state index contributed by atoms with van der Waals surface area (Å²) in [6, 6.07) is 9.63. The minimum Gasteiger partial charge on any atom is -0.318 e. The van der Waals surface area contributed by atoms with Crippen molar-refractivity contribution in [3.63, 3.8) is 0 Å². The Morgan fingerprint density at radius 3 is 2.56 bits per heavy atom. The third-order valence-corrected chi connectivity index (χ3v) is 2.48. The van der Waals surface area contributed by atoms with Crippen molar-refractivity contribution in [2.75, 3.05) is 0 Å². The third kappa shape index (κ3) is 3.50. The van der Waals surface area contributed by atoms with Crippen LogP contribution in [0.3, 0.4) is 0 Å². The van der Waals surface area contributed by atoms with Gasteiger partial charge in [-0.3, -0.25) is 0 Å². The molecular formula is C13H17NO2. The molecule has 1 rings (SSSR count). The molecule has 0 N–H and O–H groups in total. The molecule has 0 heterocycles. The monoisotopic (exact) mass is 219 g/mol. The van der Waals surface area contributed by atoms with Crippen LogP contribution in [0.2, 0.25) is 0 Å². The van der Waals surface area contributed by atoms with Crippen LogP contribution >= 0.6 is 0 Å². The SMILES string of the molecule is CCC(C)C(=O)O/N=C(\C)c1ccccc1. The lowest BCUT2D eigenvalue weighted by molar-refractivity contribution is -0.148. The van der Waals surface area contributed by atoms with Crippen molar-refractivity contribution < 1.29 is 9.63 Å². The quantitative estimate of drug-likeness (QED) is 0.443. The van der Waals surface area contributed by atoms with Crippen LogP contribution in [0.5, 0.6) is 0 Å². The molecule has 16 heavy (non-hydrogen) atoms. The molecule has 1 atom stereocenters. The normalized spacial score (nSPS) is 13.3. The maximum Gasteiger partial charge on any atom is 0.337 e. The van der Waals surface area contributed by atoms with Crippen LogP contribution in [0.4, 0.5) is 0 Å². The Morgan fingerprint density at radius 1 is 1.38 bits per heavy atom. The molecule has 0 fully saturated rings. The first-order chi connectivity index (χ1) is 7.65. The maximum atomic E-state index is 11.4. The molecule has 0 aromatic heterocycles. The highest BCUT2D eigenvalue weighted by Crippen LogP contribution is 2.05. The lowest BCUT2D eigenvalue weighted by Crippen LogP contribution is -2.12. The lowest BCUT2D eigenvalue weighted by Gasteiger charge is -2.04. The Balaban J connectivity index is 2.62. The fraction of sp³-hybridized carbons (Fsp3) is 0.385. The number of carbonyl (C=O) groups is 1. The number of benzene rings is 1. The van der Waals surface area contributed by atoms with Crippen molar-refractivity contribution in [1.82, 2.24) is 0 Å². The smallest absolute Gasteiger partial charge is 0.318 e. The summed E-state index contributed by atoms with van der Waals surface area (Å²) in [6.45, 7) is 5.59. The van der Waals surface area contributed by atoms with Gasteiger partial charge in [0.25, 0.3) is 0 Å². The average Bonchev–Trinajstić information content (AvgIpc) is 2.35. The zero-order valence-electron chi connectivity index (χ0n) is 9.93. The zero-order valence-corrected chi connectivity index (χ0v) is 9.93. The Morgan fingerprint density at radius 2 is 2.00 bits per heavy atom. The minimum absolute atomic E-state index is 0.104. The Labute approximate surface area is 96.1 Å². The van der Waals surface area contributed by atoms with Gasteiger partial charge in [-0.1, -0.05) is 49.3 Å². The number of rotatable bonds is 4. The van der Waals surface area contributed by atoms with Crippen molar-refractivity contribution >= 4 is 11.7 Å². The second-order valence-corrected chi connectivity index (χ2v) is 3.76. The van der Waals surface area contributed by atoms with E-state index < -0.39 is 0 Å². The summed E-state index contributed by atoms with van der Waals surface area (Å²) in [5, 5.41) is 3.83. The fourth-order valence-electron chi connectivity index (χ4n) is 1.10. The van der Waals surface area contributed by atoms with Gasteiger partial charge in [0.2, 0.25) is 0 Å². The second-order valence-electron chi connectivity index (χ2n) is 3.76. The van der Waals surface area contributed by atoms with E-state index in [2.05, 4.69) is 5.16 Å². The van der Waals surface area contributed by atoms with Crippen LogP contribution in [0.15, 0.2) is 35.5 Å². The van der Waals surface area contributed by atoms with E-state index >= 15 is 0 Å². The van der Waals surface area contributed by atoms with Crippen LogP contribution in [0.1, 0.15) is 32.8 Å². The Kier molecular flexibility index (Phi) is 4.70. The fourth-order valence-corrected chi connectivity index (χ4v) is 1.10. The number of carbonyl (C=O) groups excluding carboxylic acids is 1. The molecule has 0 bridgehead atoms. The molecule has 3 nitrogen and oxygen atoms in total. The predicted octanol–water partition coefficient (Wildman–Crippen LogP) is 3.00. The topological polar surface area (TPSA) is 38.7 Å². The van der Waals surface area contributed by atoms with Crippen molar-refractivity contribution in [2.24, 2.45) is 11.1 Å². The lowest BCUT2D eigenvalue weighted by atomic mass is 10.1. The molecule has 1 unspecified atom stereocenters. The van der Waals surface area contributed by atoms with Crippen LogP contribution < -0.4 is 0 Å². The van der Waals surface area contributed by atoms with E-state index in [0.29, 0.717) is 5.71 Å². The van der Waals surface area contributed by atoms with E-state index in [4.69, 9.17) is 4.84 Å². The van der Waals surface area contributed by atoms with E-state index in [1.807, 2.05) is 51.1 Å². The van der Waals surface area contributed by atoms with Gasteiger partial charge in [0, 0.05) is 0 Å². The minimum atomic E-state index is -0.280. The molecule has 1 aromatic carbocycles. The summed E-state index contributed by atoms with van der Waals surface area (Å²) in [7, 11) is 0. The molecule has 0 aliphatic carbocycles. The second kappa shape index (κ2) is 6.05. The maximum absolute atomic E-state index is 11.4. The van der Waals surface area contributed by atoms with E-state index in [1.165, 1.54) is 0 Å². The van der Waals surface area contributed by atoms with E-state index in [9.17, 15) is 4.79 Å². The highest BCUT2D eigenvalue weighted by molar-refractivity contribution is 5.98. The average molecular weight is 219 g/mol. The molecule has 86 valence electrons. The summed E-state index contributed by atoms with van der Waals surface area (Å²) in [4.78, 5) is 16.2. The molecule has 0 aliphatic rings. The first kappa shape index (κ1) is 12.4. The first-order valence-electron chi connectivity index (χ1n) is 5.46. The van der Waals surface area contributed by atoms with Crippen molar-refractivity contribution in [3.8, 4) is 0 Å². The summed E-state index contributed by atoms with van der Waals surface area (Å²) in [5.41, 5.74) is 1.66. The van der Waals surface area contributed by atoms with Crippen LogP contribution in [-0.2, 0) is 9.63 Å². The van der Waals surface area contributed by atoms with Gasteiger partial charge >= 0.3 is 5.97 Å². The number of oxime groups is 1. The van der Waals surface area contributed by atoms with Gasteiger partial charge in [-0.2, -0.15) is 0 Å². The van der Waals surface area contributed by atoms with Gasteiger partial charge in [-0.15, -0.1) is 0 Å². The zero-order chi connectivity index (χ0) is 12.0. The van der Waals surface area contributed by atoms with Crippen LogP contribution in [0, 0.1) is 5.92 Å². The van der Waals surface area contributed by atoms with E-state index in [0.717, 1.165) is 12.0 Å². The summed E-state index contributed by atoms with van der Waals surface area (Å²) < 4.78 is 0. The third-order valence-electron chi connectivity index (χ3n) is 2.48. The Bertz CT molecular complexity index is 371. The molecule has 0 saturated heterocycles. The van der Waals surface area contributed by atoms with Gasteiger partial charge in [0.05, 0.1) is 11.6 Å². The number of nitrogens with zero attached hydrogens (tertiary/aromatic N) is 1. The molecule has 0 spiro atoms. The van der Waals surface area contributed by atoms with E-state index in [-0.39, 0.29) is 11.9 Å². The van der Waals surface area contributed by atoms with Crippen molar-refractivity contribution in [3.05, 3.63) is 35.9 Å². The van der Waals surface area contributed by atoms with Crippen molar-refractivity contribution in [2.45, 2.75) is 27.2 Å². The molecule has 0 radical (unpaired) electrons. The molecule has 0 amide bonds. The highest BCUT2D eigenvalue weighted by Gasteiger charge is 2.12. The highest BCUT2D eigenvalue weighted by atomic mass is 16.7. The summed E-state index contributed by atoms with van der Waals surface area (Å²) in [6.07, 6.45) is 0.763. The van der Waals surface area contributed by atoms with Crippen LogP contribution in [-0.4, -0.2) is 11.7 Å². The van der Waals surface area contributed by atoms with Gasteiger partial charge in [0.15, 0.2) is 0 Å². The summed E-state index contributed by atoms with van der Waals surface area (Å²) in [5.74, 6) is -0.384. The van der Waals surface area contributed by atoms with Gasteiger partial charge in [-0.25, -0.2) is 4.79 Å². The van der Waals surface area contributed by atoms with Gasteiger partial charge in [-0.05, 0) is 18.9 Å². The van der Waals surface area contributed by atoms with Gasteiger partial charge < -0.3 is 4.84 Å². The van der Waals surface area contributed by atoms with Crippen molar-refractivity contribution in [1.29, 1.82) is 0 Å². The molecule has 1 aromatic rings. The van der Waals surface area contributed by atoms with Gasteiger partial charge in [0.1, 0.15) is 0 Å². The number of hydrogen-bond donors (Lipinski definition) is 0. The van der Waals surface area contributed by atoms with Crippen LogP contribution in [0.25, 0.3) is 0 Å². The van der Waals surface area contributed by atoms with E-state index in [1.54, 1.807) is 0 Å². The molecule has 0 aliphatic heterocycles. The molecular weight excluding hydrogens is 202 g/mol.